The second-order valence-corrected chi connectivity index (χ2v) is 5.62. The average molecular weight is 252 g/mol. The van der Waals surface area contributed by atoms with Gasteiger partial charge in [-0.1, -0.05) is 43.7 Å². The van der Waals surface area contributed by atoms with Gasteiger partial charge in [0.25, 0.3) is 0 Å². The summed E-state index contributed by atoms with van der Waals surface area (Å²) in [6, 6.07) is 6.06. The van der Waals surface area contributed by atoms with Crippen LogP contribution in [0, 0.1) is 12.8 Å². The molecule has 94 valence electrons. The lowest BCUT2D eigenvalue weighted by Gasteiger charge is -2.22. The highest BCUT2D eigenvalue weighted by Crippen LogP contribution is 2.26. The molecule has 0 atom stereocenters. The molecule has 1 aliphatic carbocycles. The molecule has 1 fully saturated rings. The van der Waals surface area contributed by atoms with E-state index in [2.05, 4.69) is 18.3 Å². The predicted molar refractivity (Wildman–Crippen MR) is 75.9 cm³/mol. The van der Waals surface area contributed by atoms with Crippen molar-refractivity contribution in [2.24, 2.45) is 5.92 Å². The zero-order chi connectivity index (χ0) is 12.1. The summed E-state index contributed by atoms with van der Waals surface area (Å²) in [4.78, 5) is 0. The first kappa shape index (κ1) is 12.8. The Hall–Kier alpha value is -0.690. The standard InChI is InChI=1S/C15H22ClN/c1-12-11-14(16)7-8-15(12)17-10-9-13-5-3-2-4-6-13/h7-8,11,13,17H,2-6,9-10H2,1H3. The molecule has 0 bridgehead atoms. The van der Waals surface area contributed by atoms with Gasteiger partial charge in [0.2, 0.25) is 0 Å². The summed E-state index contributed by atoms with van der Waals surface area (Å²) in [5.74, 6) is 0.948. The van der Waals surface area contributed by atoms with Crippen molar-refractivity contribution in [2.45, 2.75) is 45.4 Å². The molecule has 2 heteroatoms. The first-order valence-electron chi connectivity index (χ1n) is 6.76. The summed E-state index contributed by atoms with van der Waals surface area (Å²) in [7, 11) is 0. The Balaban J connectivity index is 1.77. The van der Waals surface area contributed by atoms with E-state index in [4.69, 9.17) is 11.6 Å². The van der Waals surface area contributed by atoms with Gasteiger partial charge in [-0.2, -0.15) is 0 Å². The number of aryl methyl sites for hydroxylation is 1. The maximum Gasteiger partial charge on any atom is 0.0410 e. The van der Waals surface area contributed by atoms with Crippen molar-refractivity contribution in [3.63, 3.8) is 0 Å². The number of halogens is 1. The molecular formula is C15H22ClN. The molecule has 1 aromatic carbocycles. The molecular weight excluding hydrogens is 230 g/mol. The quantitative estimate of drug-likeness (QED) is 0.791. The minimum absolute atomic E-state index is 0.820. The van der Waals surface area contributed by atoms with Gasteiger partial charge in [0.1, 0.15) is 0 Å². The molecule has 1 N–H and O–H groups in total. The van der Waals surface area contributed by atoms with E-state index in [1.54, 1.807) is 0 Å². The average Bonchev–Trinajstić information content (AvgIpc) is 2.33. The van der Waals surface area contributed by atoms with E-state index in [0.717, 1.165) is 17.5 Å². The molecule has 0 heterocycles. The van der Waals surface area contributed by atoms with Crippen molar-refractivity contribution < 1.29 is 0 Å². The van der Waals surface area contributed by atoms with Crippen LogP contribution in [-0.4, -0.2) is 6.54 Å². The fraction of sp³-hybridized carbons (Fsp3) is 0.600. The molecule has 0 spiro atoms. The Morgan fingerprint density at radius 3 is 2.71 bits per heavy atom. The van der Waals surface area contributed by atoms with Gasteiger partial charge in [-0.15, -0.1) is 0 Å². The smallest absolute Gasteiger partial charge is 0.0410 e. The second-order valence-electron chi connectivity index (χ2n) is 5.18. The van der Waals surface area contributed by atoms with Crippen LogP contribution in [-0.2, 0) is 0 Å². The van der Waals surface area contributed by atoms with E-state index < -0.39 is 0 Å². The lowest BCUT2D eigenvalue weighted by Crippen LogP contribution is -2.12. The second kappa shape index (κ2) is 6.30. The van der Waals surface area contributed by atoms with Crippen molar-refractivity contribution in [3.8, 4) is 0 Å². The highest BCUT2D eigenvalue weighted by Gasteiger charge is 2.12. The van der Waals surface area contributed by atoms with Crippen LogP contribution < -0.4 is 5.32 Å². The summed E-state index contributed by atoms with van der Waals surface area (Å²) in [6.45, 7) is 3.20. The summed E-state index contributed by atoms with van der Waals surface area (Å²) >= 11 is 5.94. The molecule has 1 saturated carbocycles. The number of hydrogen-bond acceptors (Lipinski definition) is 1. The molecule has 0 aromatic heterocycles. The SMILES string of the molecule is Cc1cc(Cl)ccc1NCCC1CCCCC1. The van der Waals surface area contributed by atoms with E-state index in [1.807, 2.05) is 12.1 Å². The number of anilines is 1. The molecule has 1 aliphatic rings. The predicted octanol–water partition coefficient (Wildman–Crippen LogP) is 5.03. The lowest BCUT2D eigenvalue weighted by atomic mass is 9.87. The zero-order valence-electron chi connectivity index (χ0n) is 10.6. The van der Waals surface area contributed by atoms with Crippen LogP contribution in [0.5, 0.6) is 0 Å². The van der Waals surface area contributed by atoms with E-state index in [0.29, 0.717) is 0 Å². The molecule has 0 amide bonds. The van der Waals surface area contributed by atoms with Crippen molar-refractivity contribution in [1.82, 2.24) is 0 Å². The Morgan fingerprint density at radius 2 is 2.00 bits per heavy atom. The van der Waals surface area contributed by atoms with E-state index in [-0.39, 0.29) is 0 Å². The van der Waals surface area contributed by atoms with Crippen molar-refractivity contribution in [3.05, 3.63) is 28.8 Å². The Labute approximate surface area is 110 Å². The van der Waals surface area contributed by atoms with Crippen LogP contribution in [0.4, 0.5) is 5.69 Å². The Kier molecular flexibility index (Phi) is 4.73. The number of hydrogen-bond donors (Lipinski definition) is 1. The number of benzene rings is 1. The number of nitrogens with one attached hydrogen (secondary N) is 1. The Morgan fingerprint density at radius 1 is 1.24 bits per heavy atom. The third-order valence-electron chi connectivity index (χ3n) is 3.78. The molecule has 2 rings (SSSR count). The Bertz CT molecular complexity index is 356. The molecule has 1 nitrogen and oxygen atoms in total. The van der Waals surface area contributed by atoms with Gasteiger partial charge in [0, 0.05) is 17.3 Å². The van der Waals surface area contributed by atoms with Crippen molar-refractivity contribution in [1.29, 1.82) is 0 Å². The van der Waals surface area contributed by atoms with Gasteiger partial charge in [-0.3, -0.25) is 0 Å². The van der Waals surface area contributed by atoms with Crippen LogP contribution >= 0.6 is 11.6 Å². The zero-order valence-corrected chi connectivity index (χ0v) is 11.4. The van der Waals surface area contributed by atoms with Crippen LogP contribution in [0.15, 0.2) is 18.2 Å². The first-order valence-corrected chi connectivity index (χ1v) is 7.13. The molecule has 0 saturated heterocycles. The van der Waals surface area contributed by atoms with Crippen LogP contribution in [0.2, 0.25) is 5.02 Å². The molecule has 0 aliphatic heterocycles. The third kappa shape index (κ3) is 3.92. The van der Waals surface area contributed by atoms with Gasteiger partial charge < -0.3 is 5.32 Å². The maximum atomic E-state index is 5.94. The fourth-order valence-corrected chi connectivity index (χ4v) is 2.94. The van der Waals surface area contributed by atoms with Gasteiger partial charge >= 0.3 is 0 Å². The monoisotopic (exact) mass is 251 g/mol. The van der Waals surface area contributed by atoms with Crippen molar-refractivity contribution >= 4 is 17.3 Å². The summed E-state index contributed by atoms with van der Waals surface area (Å²) < 4.78 is 0. The molecule has 17 heavy (non-hydrogen) atoms. The highest BCUT2D eigenvalue weighted by atomic mass is 35.5. The molecule has 0 unspecified atom stereocenters. The first-order chi connectivity index (χ1) is 8.25. The molecule has 0 radical (unpaired) electrons. The summed E-state index contributed by atoms with van der Waals surface area (Å²) in [5.41, 5.74) is 2.46. The fourth-order valence-electron chi connectivity index (χ4n) is 2.71. The highest BCUT2D eigenvalue weighted by molar-refractivity contribution is 6.30. The lowest BCUT2D eigenvalue weighted by molar-refractivity contribution is 0.345. The minimum Gasteiger partial charge on any atom is -0.385 e. The van der Waals surface area contributed by atoms with E-state index >= 15 is 0 Å². The van der Waals surface area contributed by atoms with Gasteiger partial charge in [-0.05, 0) is 43.0 Å². The maximum absolute atomic E-state index is 5.94. The van der Waals surface area contributed by atoms with Crippen LogP contribution in [0.3, 0.4) is 0 Å². The van der Waals surface area contributed by atoms with Gasteiger partial charge in [-0.25, -0.2) is 0 Å². The summed E-state index contributed by atoms with van der Waals surface area (Å²) in [5, 5.41) is 4.35. The summed E-state index contributed by atoms with van der Waals surface area (Å²) in [6.07, 6.45) is 8.49. The third-order valence-corrected chi connectivity index (χ3v) is 4.02. The number of rotatable bonds is 4. The minimum atomic E-state index is 0.820. The largest absolute Gasteiger partial charge is 0.385 e. The van der Waals surface area contributed by atoms with Gasteiger partial charge in [0.15, 0.2) is 0 Å². The normalized spacial score (nSPS) is 17.1. The van der Waals surface area contributed by atoms with Gasteiger partial charge in [0.05, 0.1) is 0 Å². The topological polar surface area (TPSA) is 12.0 Å². The van der Waals surface area contributed by atoms with Crippen LogP contribution in [0.1, 0.15) is 44.1 Å². The molecule has 1 aromatic rings. The van der Waals surface area contributed by atoms with E-state index in [9.17, 15) is 0 Å². The van der Waals surface area contributed by atoms with E-state index in [1.165, 1.54) is 49.8 Å². The van der Waals surface area contributed by atoms with Crippen LogP contribution in [0.25, 0.3) is 0 Å². The van der Waals surface area contributed by atoms with Crippen molar-refractivity contribution in [2.75, 3.05) is 11.9 Å².